The predicted octanol–water partition coefficient (Wildman–Crippen LogP) is 2.41. The lowest BCUT2D eigenvalue weighted by atomic mass is 10.1. The molecule has 0 amide bonds. The van der Waals surface area contributed by atoms with Gasteiger partial charge < -0.3 is 23.7 Å². The van der Waals surface area contributed by atoms with E-state index in [4.69, 9.17) is 23.7 Å². The molecule has 1 N–H and O–H groups in total. The average molecular weight is 566 g/mol. The number of rotatable bonds is 9. The predicted molar refractivity (Wildman–Crippen MR) is 126 cm³/mol. The summed E-state index contributed by atoms with van der Waals surface area (Å²) < 4.78 is 56.7. The molecule has 2 aliphatic rings. The van der Waals surface area contributed by atoms with Crippen molar-refractivity contribution in [3.05, 3.63) is 41.4 Å². The number of anilines is 1. The van der Waals surface area contributed by atoms with E-state index in [0.717, 1.165) is 4.47 Å². The third-order valence-corrected chi connectivity index (χ3v) is 7.33. The molecule has 0 radical (unpaired) electrons. The Morgan fingerprint density at radius 3 is 2.66 bits per heavy atom. The van der Waals surface area contributed by atoms with Gasteiger partial charge in [-0.2, -0.15) is 0 Å². The van der Waals surface area contributed by atoms with Gasteiger partial charge in [0.25, 0.3) is 0 Å². The number of halogens is 1. The number of fused-ring (bicyclic) bond motifs is 1. The zero-order valence-corrected chi connectivity index (χ0v) is 20.6. The molecule has 0 saturated carbocycles. The highest BCUT2D eigenvalue weighted by molar-refractivity contribution is 9.10. The van der Waals surface area contributed by atoms with Crippen molar-refractivity contribution < 1.29 is 32.1 Å². The summed E-state index contributed by atoms with van der Waals surface area (Å²) in [6.45, 7) is 0.840. The Morgan fingerprint density at radius 2 is 1.86 bits per heavy atom. The molecular formula is C21H20BrN5O7S. The number of hydrogen-bond donors (Lipinski definition) is 1. The van der Waals surface area contributed by atoms with E-state index in [1.807, 2.05) is 0 Å². The van der Waals surface area contributed by atoms with Gasteiger partial charge in [-0.15, -0.1) is 0 Å². The van der Waals surface area contributed by atoms with Crippen LogP contribution in [0.3, 0.4) is 0 Å². The summed E-state index contributed by atoms with van der Waals surface area (Å²) >= 11 is 3.26. The van der Waals surface area contributed by atoms with Crippen molar-refractivity contribution in [2.24, 2.45) is 0 Å². The summed E-state index contributed by atoms with van der Waals surface area (Å²) in [5, 5.41) is -0.675. The summed E-state index contributed by atoms with van der Waals surface area (Å²) in [5.74, 6) is 1.35. The van der Waals surface area contributed by atoms with Gasteiger partial charge in [0.05, 0.1) is 16.6 Å². The Morgan fingerprint density at radius 1 is 1.06 bits per heavy atom. The normalized spacial score (nSPS) is 16.8. The Bertz CT molecular complexity index is 1300. The van der Waals surface area contributed by atoms with Crippen LogP contribution in [0, 0.1) is 0 Å². The molecule has 184 valence electrons. The number of benzene rings is 1. The van der Waals surface area contributed by atoms with Gasteiger partial charge in [-0.3, -0.25) is 4.72 Å². The highest BCUT2D eigenvalue weighted by Gasteiger charge is 2.31. The van der Waals surface area contributed by atoms with E-state index in [9.17, 15) is 8.42 Å². The molecule has 1 aromatic carbocycles. The van der Waals surface area contributed by atoms with Crippen LogP contribution in [0.2, 0.25) is 0 Å². The second kappa shape index (κ2) is 10.2. The van der Waals surface area contributed by atoms with Crippen molar-refractivity contribution in [3.8, 4) is 34.5 Å². The van der Waals surface area contributed by atoms with Gasteiger partial charge in [-0.05, 0) is 40.0 Å². The number of ether oxygens (including phenoxy) is 5. The number of aromatic nitrogens is 4. The minimum atomic E-state index is -3.76. The number of hydrogen-bond acceptors (Lipinski definition) is 11. The minimum absolute atomic E-state index is 0.0814. The second-order valence-electron chi connectivity index (χ2n) is 7.48. The van der Waals surface area contributed by atoms with Crippen LogP contribution in [0.25, 0.3) is 11.1 Å². The van der Waals surface area contributed by atoms with Gasteiger partial charge in [-0.1, -0.05) is 6.07 Å². The van der Waals surface area contributed by atoms with Crippen LogP contribution in [0.4, 0.5) is 5.82 Å². The third kappa shape index (κ3) is 5.39. The summed E-state index contributed by atoms with van der Waals surface area (Å²) in [6.07, 6.45) is 4.77. The van der Waals surface area contributed by atoms with Gasteiger partial charge in [0.15, 0.2) is 17.3 Å². The molecule has 1 atom stereocenters. The van der Waals surface area contributed by atoms with Crippen molar-refractivity contribution in [3.63, 3.8) is 0 Å². The standard InChI is InChI=1S/C21H20BrN5O7S/c22-14-8-23-21(24-9-14)32-6-5-31-20-18(13-1-2-16-17(7-13)34-12-33-16)19(25-11-26-20)27-35(28,29)15-3-4-30-10-15/h1-2,7-9,11,15H,3-6,10,12H2,(H,25,26,27). The Kier molecular flexibility index (Phi) is 6.83. The quantitative estimate of drug-likeness (QED) is 0.382. The van der Waals surface area contributed by atoms with Gasteiger partial charge in [0.2, 0.25) is 22.7 Å². The van der Waals surface area contributed by atoms with E-state index in [0.29, 0.717) is 35.7 Å². The van der Waals surface area contributed by atoms with Crippen molar-refractivity contribution in [2.75, 3.05) is 37.9 Å². The maximum atomic E-state index is 13.0. The summed E-state index contributed by atoms with van der Waals surface area (Å²) in [4.78, 5) is 16.5. The molecule has 5 rings (SSSR count). The SMILES string of the molecule is O=S(=O)(Nc1ncnc(OCCOc2ncc(Br)cn2)c1-c1ccc2c(c1)OCO2)C1CCOC1. The van der Waals surface area contributed by atoms with E-state index in [-0.39, 0.29) is 44.3 Å². The fraction of sp³-hybridized carbons (Fsp3) is 0.333. The first-order chi connectivity index (χ1) is 17.0. The van der Waals surface area contributed by atoms with Crippen LogP contribution in [-0.2, 0) is 14.8 Å². The summed E-state index contributed by atoms with van der Waals surface area (Å²) in [5.41, 5.74) is 0.940. The van der Waals surface area contributed by atoms with Gasteiger partial charge in [-0.25, -0.2) is 28.4 Å². The van der Waals surface area contributed by atoms with E-state index in [1.54, 1.807) is 30.6 Å². The molecule has 2 aromatic heterocycles. The monoisotopic (exact) mass is 565 g/mol. The largest absolute Gasteiger partial charge is 0.473 e. The third-order valence-electron chi connectivity index (χ3n) is 5.19. The number of nitrogens with one attached hydrogen (secondary N) is 1. The molecule has 1 unspecified atom stereocenters. The summed E-state index contributed by atoms with van der Waals surface area (Å²) in [6, 6.07) is 5.40. The molecule has 35 heavy (non-hydrogen) atoms. The maximum Gasteiger partial charge on any atom is 0.316 e. The van der Waals surface area contributed by atoms with E-state index in [1.165, 1.54) is 6.33 Å². The first-order valence-corrected chi connectivity index (χ1v) is 12.9. The van der Waals surface area contributed by atoms with Crippen molar-refractivity contribution in [1.82, 2.24) is 19.9 Å². The molecule has 4 heterocycles. The zero-order valence-electron chi connectivity index (χ0n) is 18.2. The lowest BCUT2D eigenvalue weighted by Gasteiger charge is -2.17. The molecule has 2 aliphatic heterocycles. The van der Waals surface area contributed by atoms with Crippen LogP contribution in [0.15, 0.2) is 41.4 Å². The molecule has 0 spiro atoms. The Balaban J connectivity index is 1.40. The first-order valence-electron chi connectivity index (χ1n) is 10.6. The highest BCUT2D eigenvalue weighted by atomic mass is 79.9. The number of nitrogens with zero attached hydrogens (tertiary/aromatic N) is 4. The molecule has 12 nitrogen and oxygen atoms in total. The van der Waals surface area contributed by atoms with Crippen molar-refractivity contribution in [1.29, 1.82) is 0 Å². The Labute approximate surface area is 209 Å². The highest BCUT2D eigenvalue weighted by Crippen LogP contribution is 2.41. The maximum absolute atomic E-state index is 13.0. The van der Waals surface area contributed by atoms with Gasteiger partial charge in [0.1, 0.15) is 24.8 Å². The average Bonchev–Trinajstić information content (AvgIpc) is 3.55. The lowest BCUT2D eigenvalue weighted by Crippen LogP contribution is -2.28. The van der Waals surface area contributed by atoms with Crippen LogP contribution in [0.5, 0.6) is 23.4 Å². The molecule has 3 aromatic rings. The molecule has 14 heteroatoms. The Hall–Kier alpha value is -3.23. The molecule has 0 aliphatic carbocycles. The first kappa shape index (κ1) is 23.5. The second-order valence-corrected chi connectivity index (χ2v) is 10.4. The smallest absolute Gasteiger partial charge is 0.316 e. The lowest BCUT2D eigenvalue weighted by molar-refractivity contribution is 0.174. The molecule has 1 saturated heterocycles. The topological polar surface area (TPSA) is 144 Å². The van der Waals surface area contributed by atoms with Crippen LogP contribution in [-0.4, -0.2) is 66.8 Å². The molecule has 1 fully saturated rings. The van der Waals surface area contributed by atoms with E-state index < -0.39 is 15.3 Å². The fourth-order valence-corrected chi connectivity index (χ4v) is 4.97. The summed E-state index contributed by atoms with van der Waals surface area (Å²) in [7, 11) is -3.76. The zero-order chi connectivity index (χ0) is 24.3. The van der Waals surface area contributed by atoms with E-state index >= 15 is 0 Å². The van der Waals surface area contributed by atoms with Crippen molar-refractivity contribution in [2.45, 2.75) is 11.7 Å². The van der Waals surface area contributed by atoms with E-state index in [2.05, 4.69) is 40.6 Å². The van der Waals surface area contributed by atoms with Crippen LogP contribution >= 0.6 is 15.9 Å². The molecular weight excluding hydrogens is 546 g/mol. The van der Waals surface area contributed by atoms with Gasteiger partial charge >= 0.3 is 6.01 Å². The van der Waals surface area contributed by atoms with Crippen LogP contribution < -0.4 is 23.7 Å². The van der Waals surface area contributed by atoms with Crippen LogP contribution in [0.1, 0.15) is 6.42 Å². The number of sulfonamides is 1. The fourth-order valence-electron chi connectivity index (χ4n) is 3.49. The minimum Gasteiger partial charge on any atom is -0.473 e. The van der Waals surface area contributed by atoms with Crippen molar-refractivity contribution >= 4 is 31.8 Å². The molecule has 0 bridgehead atoms. The van der Waals surface area contributed by atoms with Gasteiger partial charge in [0, 0.05) is 19.0 Å².